The van der Waals surface area contributed by atoms with Crippen LogP contribution in [0.1, 0.15) is 26.2 Å². The first-order chi connectivity index (χ1) is 5.77. The smallest absolute Gasteiger partial charge is 0.0558 e. The minimum atomic E-state index is 0.271. The van der Waals surface area contributed by atoms with Crippen molar-refractivity contribution in [2.24, 2.45) is 0 Å². The summed E-state index contributed by atoms with van der Waals surface area (Å²) < 4.78 is 0. The fourth-order valence-corrected chi connectivity index (χ4v) is 1.36. The van der Waals surface area contributed by atoms with Crippen molar-refractivity contribution in [1.29, 1.82) is 0 Å². The largest absolute Gasteiger partial charge is 0.395 e. The number of hydrogen-bond donors (Lipinski definition) is 1. The van der Waals surface area contributed by atoms with Crippen molar-refractivity contribution in [3.05, 3.63) is 12.2 Å². The fourth-order valence-electron chi connectivity index (χ4n) is 1.36. The van der Waals surface area contributed by atoms with E-state index in [1.807, 2.05) is 0 Å². The Morgan fingerprint density at radius 1 is 1.58 bits per heavy atom. The molecule has 1 aliphatic carbocycles. The van der Waals surface area contributed by atoms with Crippen molar-refractivity contribution in [3.63, 3.8) is 0 Å². The molecule has 0 bridgehead atoms. The van der Waals surface area contributed by atoms with E-state index >= 15 is 0 Å². The highest BCUT2D eigenvalue weighted by Gasteiger charge is 2.28. The molecule has 0 aromatic rings. The summed E-state index contributed by atoms with van der Waals surface area (Å²) in [5.41, 5.74) is 1.27. The Morgan fingerprint density at radius 2 is 2.25 bits per heavy atom. The molecule has 70 valence electrons. The lowest BCUT2D eigenvalue weighted by Crippen LogP contribution is -2.30. The van der Waals surface area contributed by atoms with Crippen LogP contribution in [-0.2, 0) is 0 Å². The van der Waals surface area contributed by atoms with E-state index in [4.69, 9.17) is 5.11 Å². The zero-order valence-corrected chi connectivity index (χ0v) is 7.92. The summed E-state index contributed by atoms with van der Waals surface area (Å²) in [7, 11) is 0. The van der Waals surface area contributed by atoms with Gasteiger partial charge in [-0.05, 0) is 19.3 Å². The van der Waals surface area contributed by atoms with Crippen LogP contribution >= 0.6 is 0 Å². The predicted octanol–water partition coefficient (Wildman–Crippen LogP) is 1.41. The summed E-state index contributed by atoms with van der Waals surface area (Å²) in [6, 6.07) is 0.737. The van der Waals surface area contributed by atoms with E-state index in [-0.39, 0.29) is 6.61 Å². The molecule has 0 amide bonds. The highest BCUT2D eigenvalue weighted by Crippen LogP contribution is 2.27. The second-order valence-corrected chi connectivity index (χ2v) is 3.53. The van der Waals surface area contributed by atoms with Crippen LogP contribution in [0, 0.1) is 0 Å². The molecular formula is C10H19NO. The Balaban J connectivity index is 2.26. The average molecular weight is 169 g/mol. The molecule has 0 aromatic carbocycles. The molecule has 0 radical (unpaired) electrons. The third-order valence-corrected chi connectivity index (χ3v) is 2.38. The molecule has 12 heavy (non-hydrogen) atoms. The Kier molecular flexibility index (Phi) is 3.76. The lowest BCUT2D eigenvalue weighted by atomic mass is 10.2. The molecule has 1 saturated carbocycles. The maximum Gasteiger partial charge on any atom is 0.0558 e. The van der Waals surface area contributed by atoms with Gasteiger partial charge in [-0.15, -0.1) is 0 Å². The van der Waals surface area contributed by atoms with E-state index in [1.165, 1.54) is 18.4 Å². The second-order valence-electron chi connectivity index (χ2n) is 3.53. The molecule has 2 nitrogen and oxygen atoms in total. The van der Waals surface area contributed by atoms with Crippen LogP contribution in [0.2, 0.25) is 0 Å². The van der Waals surface area contributed by atoms with Crippen LogP contribution in [-0.4, -0.2) is 35.7 Å². The maximum absolute atomic E-state index is 8.83. The van der Waals surface area contributed by atoms with Crippen molar-refractivity contribution in [2.45, 2.75) is 32.2 Å². The Labute approximate surface area is 74.9 Å². The maximum atomic E-state index is 8.83. The number of rotatable bonds is 6. The summed E-state index contributed by atoms with van der Waals surface area (Å²) in [6.07, 6.45) is 3.66. The molecule has 0 aromatic heterocycles. The second kappa shape index (κ2) is 4.63. The van der Waals surface area contributed by atoms with Crippen molar-refractivity contribution >= 4 is 0 Å². The van der Waals surface area contributed by atoms with Crippen LogP contribution in [0.15, 0.2) is 12.2 Å². The molecule has 0 heterocycles. The van der Waals surface area contributed by atoms with Gasteiger partial charge in [-0.3, -0.25) is 4.90 Å². The van der Waals surface area contributed by atoms with Crippen LogP contribution in [0.25, 0.3) is 0 Å². The van der Waals surface area contributed by atoms with E-state index in [9.17, 15) is 0 Å². The molecule has 2 heteroatoms. The van der Waals surface area contributed by atoms with Crippen molar-refractivity contribution < 1.29 is 5.11 Å². The highest BCUT2D eigenvalue weighted by atomic mass is 16.3. The van der Waals surface area contributed by atoms with Gasteiger partial charge in [0.1, 0.15) is 0 Å². The van der Waals surface area contributed by atoms with Gasteiger partial charge in [0.25, 0.3) is 0 Å². The summed E-state index contributed by atoms with van der Waals surface area (Å²) in [4.78, 5) is 2.34. The van der Waals surface area contributed by atoms with Gasteiger partial charge < -0.3 is 5.11 Å². The fraction of sp³-hybridized carbons (Fsp3) is 0.800. The Bertz CT molecular complexity index is 152. The first kappa shape index (κ1) is 9.75. The first-order valence-electron chi connectivity index (χ1n) is 4.79. The molecule has 1 rings (SSSR count). The predicted molar refractivity (Wildman–Crippen MR) is 51.1 cm³/mol. The van der Waals surface area contributed by atoms with E-state index in [0.717, 1.165) is 25.6 Å². The third-order valence-electron chi connectivity index (χ3n) is 2.38. The molecule has 0 aliphatic heterocycles. The molecule has 1 N–H and O–H groups in total. The average Bonchev–Trinajstić information content (AvgIpc) is 2.86. The molecule has 0 saturated heterocycles. The third kappa shape index (κ3) is 2.95. The van der Waals surface area contributed by atoms with Crippen LogP contribution in [0.5, 0.6) is 0 Å². The zero-order chi connectivity index (χ0) is 8.97. The van der Waals surface area contributed by atoms with E-state index in [2.05, 4.69) is 18.4 Å². The zero-order valence-electron chi connectivity index (χ0n) is 7.92. The molecule has 0 unspecified atom stereocenters. The number of nitrogens with zero attached hydrogens (tertiary/aromatic N) is 1. The van der Waals surface area contributed by atoms with Gasteiger partial charge in [0, 0.05) is 19.1 Å². The van der Waals surface area contributed by atoms with E-state index in [0.29, 0.717) is 0 Å². The Morgan fingerprint density at radius 3 is 2.67 bits per heavy atom. The van der Waals surface area contributed by atoms with Gasteiger partial charge in [-0.1, -0.05) is 19.1 Å². The summed E-state index contributed by atoms with van der Waals surface area (Å²) in [5.74, 6) is 0. The highest BCUT2D eigenvalue weighted by molar-refractivity contribution is 4.99. The summed E-state index contributed by atoms with van der Waals surface area (Å²) in [5, 5.41) is 8.83. The lowest BCUT2D eigenvalue weighted by Gasteiger charge is -2.21. The summed E-state index contributed by atoms with van der Waals surface area (Å²) in [6.45, 7) is 8.17. The minimum absolute atomic E-state index is 0.271. The monoisotopic (exact) mass is 169 g/mol. The first-order valence-corrected chi connectivity index (χ1v) is 4.79. The van der Waals surface area contributed by atoms with Crippen LogP contribution < -0.4 is 0 Å². The van der Waals surface area contributed by atoms with Crippen LogP contribution in [0.3, 0.4) is 0 Å². The molecule has 1 fully saturated rings. The van der Waals surface area contributed by atoms with Gasteiger partial charge >= 0.3 is 0 Å². The van der Waals surface area contributed by atoms with Crippen molar-refractivity contribution in [2.75, 3.05) is 19.7 Å². The van der Waals surface area contributed by atoms with Gasteiger partial charge in [0.15, 0.2) is 0 Å². The lowest BCUT2D eigenvalue weighted by molar-refractivity contribution is 0.199. The number of hydrogen-bond acceptors (Lipinski definition) is 2. The molecular weight excluding hydrogens is 150 g/mol. The quantitative estimate of drug-likeness (QED) is 0.608. The van der Waals surface area contributed by atoms with E-state index in [1.54, 1.807) is 0 Å². The molecule has 1 aliphatic rings. The van der Waals surface area contributed by atoms with Gasteiger partial charge in [-0.2, -0.15) is 0 Å². The number of aliphatic hydroxyl groups excluding tert-OH is 1. The van der Waals surface area contributed by atoms with Gasteiger partial charge in [-0.25, -0.2) is 0 Å². The SMILES string of the molecule is C=C(CC)CN(CCO)C1CC1. The summed E-state index contributed by atoms with van der Waals surface area (Å²) >= 11 is 0. The van der Waals surface area contributed by atoms with Gasteiger partial charge in [0.2, 0.25) is 0 Å². The number of aliphatic hydroxyl groups is 1. The molecule has 0 spiro atoms. The normalized spacial score (nSPS) is 16.9. The van der Waals surface area contributed by atoms with Gasteiger partial charge in [0.05, 0.1) is 6.61 Å². The molecule has 0 atom stereocenters. The van der Waals surface area contributed by atoms with E-state index < -0.39 is 0 Å². The van der Waals surface area contributed by atoms with Crippen molar-refractivity contribution in [1.82, 2.24) is 4.90 Å². The standard InChI is InChI=1S/C10H19NO/c1-3-9(2)8-11(6-7-12)10-4-5-10/h10,12H,2-8H2,1H3. The Hall–Kier alpha value is -0.340. The minimum Gasteiger partial charge on any atom is -0.395 e. The topological polar surface area (TPSA) is 23.5 Å². The van der Waals surface area contributed by atoms with Crippen LogP contribution in [0.4, 0.5) is 0 Å². The van der Waals surface area contributed by atoms with Crippen molar-refractivity contribution in [3.8, 4) is 0 Å².